The Bertz CT molecular complexity index is 1230. The molecule has 0 spiro atoms. The number of thioether (sulfide) groups is 1. The third-order valence-electron chi connectivity index (χ3n) is 4.09. The molecule has 168 valence electrons. The number of nitrogens with one attached hydrogen (secondary N) is 1. The van der Waals surface area contributed by atoms with Gasteiger partial charge >= 0.3 is 0 Å². The Morgan fingerprint density at radius 3 is 2.59 bits per heavy atom. The van der Waals surface area contributed by atoms with Crippen molar-refractivity contribution in [1.82, 2.24) is 10.2 Å². The SMILES string of the molecule is C=CCSc1nnc(NC(=O)c2ccc(CN(c3cccc(Cl)c3Cl)S(C)(=O)=O)cc2)s1. The third-order valence-corrected chi connectivity index (χ3v) is 8.00. The maximum absolute atomic E-state index is 12.5. The number of sulfonamides is 1. The molecule has 0 unspecified atom stereocenters. The molecule has 2 aromatic carbocycles. The van der Waals surface area contributed by atoms with E-state index >= 15 is 0 Å². The van der Waals surface area contributed by atoms with Crippen LogP contribution in [0.15, 0.2) is 59.5 Å². The predicted molar refractivity (Wildman–Crippen MR) is 133 cm³/mol. The monoisotopic (exact) mass is 528 g/mol. The van der Waals surface area contributed by atoms with Crippen LogP contribution in [0, 0.1) is 0 Å². The van der Waals surface area contributed by atoms with Crippen LogP contribution in [0.2, 0.25) is 10.0 Å². The molecule has 0 bridgehead atoms. The van der Waals surface area contributed by atoms with Gasteiger partial charge in [-0.3, -0.25) is 14.4 Å². The van der Waals surface area contributed by atoms with Crippen molar-refractivity contribution < 1.29 is 13.2 Å². The smallest absolute Gasteiger partial charge is 0.257 e. The summed E-state index contributed by atoms with van der Waals surface area (Å²) >= 11 is 15.0. The normalized spacial score (nSPS) is 11.2. The van der Waals surface area contributed by atoms with Gasteiger partial charge in [-0.25, -0.2) is 8.42 Å². The minimum Gasteiger partial charge on any atom is -0.296 e. The second kappa shape index (κ2) is 10.7. The third kappa shape index (κ3) is 6.23. The number of halogens is 2. The summed E-state index contributed by atoms with van der Waals surface area (Å²) in [6.07, 6.45) is 2.85. The lowest BCUT2D eigenvalue weighted by Gasteiger charge is -2.24. The van der Waals surface area contributed by atoms with E-state index in [-0.39, 0.29) is 28.2 Å². The first kappa shape index (κ1) is 24.5. The van der Waals surface area contributed by atoms with Gasteiger partial charge in [-0.15, -0.1) is 16.8 Å². The van der Waals surface area contributed by atoms with Gasteiger partial charge in [-0.2, -0.15) is 0 Å². The molecule has 0 saturated heterocycles. The van der Waals surface area contributed by atoms with E-state index in [0.29, 0.717) is 22.0 Å². The molecule has 1 amide bonds. The molecule has 0 aliphatic rings. The lowest BCUT2D eigenvalue weighted by atomic mass is 10.1. The molecule has 0 radical (unpaired) electrons. The van der Waals surface area contributed by atoms with Crippen molar-refractivity contribution in [3.05, 3.63) is 76.3 Å². The van der Waals surface area contributed by atoms with Gasteiger partial charge in [0.2, 0.25) is 15.2 Å². The fourth-order valence-corrected chi connectivity index (χ4v) is 5.46. The Morgan fingerprint density at radius 2 is 1.94 bits per heavy atom. The number of nitrogens with zero attached hydrogens (tertiary/aromatic N) is 3. The van der Waals surface area contributed by atoms with Gasteiger partial charge in [0, 0.05) is 11.3 Å². The van der Waals surface area contributed by atoms with Crippen LogP contribution in [0.3, 0.4) is 0 Å². The van der Waals surface area contributed by atoms with Crippen molar-refractivity contribution in [3.8, 4) is 0 Å². The number of carbonyl (C=O) groups is 1. The van der Waals surface area contributed by atoms with Crippen LogP contribution >= 0.6 is 46.3 Å². The molecule has 1 heterocycles. The fourth-order valence-electron chi connectivity index (χ4n) is 2.61. The second-order valence-electron chi connectivity index (χ2n) is 6.47. The minimum absolute atomic E-state index is 0.0289. The molecule has 1 aromatic heterocycles. The summed E-state index contributed by atoms with van der Waals surface area (Å²) in [5, 5.41) is 11.5. The molecular weight excluding hydrogens is 511 g/mol. The second-order valence-corrected chi connectivity index (χ2v) is 11.4. The summed E-state index contributed by atoms with van der Waals surface area (Å²) in [7, 11) is -3.64. The topological polar surface area (TPSA) is 92.3 Å². The molecule has 3 aromatic rings. The first-order valence-electron chi connectivity index (χ1n) is 9.08. The average molecular weight is 529 g/mol. The number of anilines is 2. The zero-order chi connectivity index (χ0) is 23.3. The van der Waals surface area contributed by atoms with Crippen LogP contribution in [0.5, 0.6) is 0 Å². The first-order chi connectivity index (χ1) is 15.2. The number of aromatic nitrogens is 2. The Kier molecular flexibility index (Phi) is 8.18. The van der Waals surface area contributed by atoms with Gasteiger partial charge in [0.05, 0.1) is 28.5 Å². The van der Waals surface area contributed by atoms with Gasteiger partial charge in [0.25, 0.3) is 5.91 Å². The van der Waals surface area contributed by atoms with Crippen molar-refractivity contribution in [2.45, 2.75) is 10.9 Å². The van der Waals surface area contributed by atoms with Crippen LogP contribution in [-0.2, 0) is 16.6 Å². The largest absolute Gasteiger partial charge is 0.296 e. The van der Waals surface area contributed by atoms with E-state index in [0.717, 1.165) is 10.6 Å². The molecule has 3 rings (SSSR count). The Balaban J connectivity index is 1.73. The zero-order valence-corrected chi connectivity index (χ0v) is 20.7. The van der Waals surface area contributed by atoms with Crippen molar-refractivity contribution >= 4 is 73.0 Å². The summed E-state index contributed by atoms with van der Waals surface area (Å²) in [6, 6.07) is 11.4. The van der Waals surface area contributed by atoms with Gasteiger partial charge in [0.1, 0.15) is 0 Å². The molecule has 0 aliphatic carbocycles. The van der Waals surface area contributed by atoms with Crippen LogP contribution < -0.4 is 9.62 Å². The van der Waals surface area contributed by atoms with E-state index in [1.54, 1.807) is 48.5 Å². The molecule has 0 saturated carbocycles. The van der Waals surface area contributed by atoms with Crippen molar-refractivity contribution in [2.75, 3.05) is 21.6 Å². The number of benzene rings is 2. The molecule has 1 N–H and O–H groups in total. The van der Waals surface area contributed by atoms with Crippen LogP contribution in [0.25, 0.3) is 0 Å². The molecule has 0 aliphatic heterocycles. The number of rotatable bonds is 9. The fraction of sp³-hybridized carbons (Fsp3) is 0.150. The highest BCUT2D eigenvalue weighted by Gasteiger charge is 2.22. The van der Waals surface area contributed by atoms with E-state index in [9.17, 15) is 13.2 Å². The highest BCUT2D eigenvalue weighted by molar-refractivity contribution is 8.01. The van der Waals surface area contributed by atoms with E-state index in [1.165, 1.54) is 27.4 Å². The van der Waals surface area contributed by atoms with Crippen molar-refractivity contribution in [1.29, 1.82) is 0 Å². The molecule has 32 heavy (non-hydrogen) atoms. The van der Waals surface area contributed by atoms with E-state index in [1.807, 2.05) is 0 Å². The van der Waals surface area contributed by atoms with Crippen molar-refractivity contribution in [3.63, 3.8) is 0 Å². The minimum atomic E-state index is -3.64. The van der Waals surface area contributed by atoms with E-state index in [2.05, 4.69) is 22.1 Å². The summed E-state index contributed by atoms with van der Waals surface area (Å²) in [6.45, 7) is 3.68. The molecular formula is C20H18Cl2N4O3S3. The molecule has 0 fully saturated rings. The Labute approximate surface area is 204 Å². The van der Waals surface area contributed by atoms with Gasteiger partial charge < -0.3 is 0 Å². The van der Waals surface area contributed by atoms with Gasteiger partial charge in [-0.05, 0) is 29.8 Å². The summed E-state index contributed by atoms with van der Waals surface area (Å²) in [5.41, 5.74) is 1.35. The van der Waals surface area contributed by atoms with Crippen LogP contribution in [0.4, 0.5) is 10.8 Å². The maximum Gasteiger partial charge on any atom is 0.257 e. The lowest BCUT2D eigenvalue weighted by Crippen LogP contribution is -2.29. The summed E-state index contributed by atoms with van der Waals surface area (Å²) < 4.78 is 26.7. The number of hydrogen-bond acceptors (Lipinski definition) is 7. The van der Waals surface area contributed by atoms with Gasteiger partial charge in [0.15, 0.2) is 4.34 Å². The number of carbonyl (C=O) groups excluding carboxylic acids is 1. The summed E-state index contributed by atoms with van der Waals surface area (Å²) in [4.78, 5) is 12.5. The van der Waals surface area contributed by atoms with E-state index in [4.69, 9.17) is 23.2 Å². The summed E-state index contributed by atoms with van der Waals surface area (Å²) in [5.74, 6) is 0.361. The lowest BCUT2D eigenvalue weighted by molar-refractivity contribution is 0.102. The standard InChI is InChI=1S/C20H18Cl2N4O3S3/c1-3-11-30-20-25-24-19(31-20)23-18(27)14-9-7-13(8-10-14)12-26(32(2,28)29)16-6-4-5-15(21)17(16)22/h3-10H,1,11-12H2,2H3,(H,23,24,27). The number of amides is 1. The van der Waals surface area contributed by atoms with Crippen LogP contribution in [0.1, 0.15) is 15.9 Å². The molecule has 0 atom stereocenters. The highest BCUT2D eigenvalue weighted by Crippen LogP contribution is 2.34. The highest BCUT2D eigenvalue weighted by atomic mass is 35.5. The van der Waals surface area contributed by atoms with Crippen LogP contribution in [-0.4, -0.2) is 36.5 Å². The van der Waals surface area contributed by atoms with Crippen molar-refractivity contribution in [2.24, 2.45) is 0 Å². The average Bonchev–Trinajstić information content (AvgIpc) is 3.19. The predicted octanol–water partition coefficient (Wildman–Crippen LogP) is 5.34. The maximum atomic E-state index is 12.5. The quantitative estimate of drug-likeness (QED) is 0.229. The number of hydrogen-bond donors (Lipinski definition) is 1. The first-order valence-corrected chi connectivity index (χ1v) is 13.5. The zero-order valence-electron chi connectivity index (χ0n) is 16.8. The molecule has 12 heteroatoms. The molecule has 7 nitrogen and oxygen atoms in total. The van der Waals surface area contributed by atoms with Gasteiger partial charge in [-0.1, -0.05) is 70.6 Å². The Hall–Kier alpha value is -2.11. The van der Waals surface area contributed by atoms with E-state index < -0.39 is 10.0 Å². The Morgan fingerprint density at radius 1 is 1.22 bits per heavy atom.